The van der Waals surface area contributed by atoms with Gasteiger partial charge >= 0.3 is 0 Å². The molecule has 10 heteroatoms. The summed E-state index contributed by atoms with van der Waals surface area (Å²) >= 11 is 0. The highest BCUT2D eigenvalue weighted by Crippen LogP contribution is 2.40. The first-order chi connectivity index (χ1) is 20.2. The minimum atomic E-state index is -0.641. The Balaban J connectivity index is 1.55. The van der Waals surface area contributed by atoms with Crippen molar-refractivity contribution in [2.75, 3.05) is 46.2 Å². The number of ether oxygens (including phenoxy) is 1. The van der Waals surface area contributed by atoms with Gasteiger partial charge < -0.3 is 30.2 Å². The van der Waals surface area contributed by atoms with E-state index in [0.717, 1.165) is 24.1 Å². The van der Waals surface area contributed by atoms with Crippen LogP contribution in [0, 0.1) is 17.7 Å². The lowest BCUT2D eigenvalue weighted by Crippen LogP contribution is -2.43. The number of nitrogens with zero attached hydrogens (tertiary/aromatic N) is 3. The third kappa shape index (κ3) is 5.74. The van der Waals surface area contributed by atoms with Crippen molar-refractivity contribution in [1.82, 2.24) is 25.1 Å². The topological polar surface area (TPSA) is 103 Å². The van der Waals surface area contributed by atoms with Crippen molar-refractivity contribution in [3.8, 4) is 28.8 Å². The van der Waals surface area contributed by atoms with Gasteiger partial charge in [-0.2, -0.15) is 0 Å². The Hall–Kier alpha value is -4.62. The number of likely N-dealkylation sites (tertiary alicyclic amines) is 1. The number of para-hydroxylation sites is 1. The van der Waals surface area contributed by atoms with Gasteiger partial charge in [0.05, 0.1) is 35.3 Å². The summed E-state index contributed by atoms with van der Waals surface area (Å²) in [4.78, 5) is 37.6. The number of fused-ring (bicyclic) bond motifs is 1. The molecule has 9 nitrogen and oxygen atoms in total. The number of likely N-dealkylation sites (N-methyl/N-ethyl adjacent to an activating group) is 1. The maximum absolute atomic E-state index is 14.5. The van der Waals surface area contributed by atoms with E-state index in [-0.39, 0.29) is 17.6 Å². The highest BCUT2D eigenvalue weighted by Gasteiger charge is 2.37. The van der Waals surface area contributed by atoms with E-state index in [9.17, 15) is 14.0 Å². The largest absolute Gasteiger partial charge is 0.492 e. The number of hydrogen-bond acceptors (Lipinski definition) is 6. The number of anilines is 2. The van der Waals surface area contributed by atoms with Crippen molar-refractivity contribution in [2.24, 2.45) is 0 Å². The van der Waals surface area contributed by atoms with E-state index >= 15 is 0 Å². The molecule has 5 rings (SSSR count). The molecule has 0 aliphatic carbocycles. The average Bonchev–Trinajstić information content (AvgIpc) is 3.53. The molecule has 4 heterocycles. The monoisotopic (exact) mass is 570 g/mol. The highest BCUT2D eigenvalue weighted by molar-refractivity contribution is 6.06. The Morgan fingerprint density at radius 1 is 1.33 bits per heavy atom. The second-order valence-corrected chi connectivity index (χ2v) is 10.9. The number of rotatable bonds is 7. The maximum Gasteiger partial charge on any atom is 0.255 e. The summed E-state index contributed by atoms with van der Waals surface area (Å²) in [5, 5.41) is 6.16. The first-order valence-electron chi connectivity index (χ1n) is 13.9. The van der Waals surface area contributed by atoms with E-state index in [4.69, 9.17) is 4.74 Å². The van der Waals surface area contributed by atoms with Crippen LogP contribution in [0.3, 0.4) is 0 Å². The van der Waals surface area contributed by atoms with E-state index in [2.05, 4.69) is 32.4 Å². The van der Waals surface area contributed by atoms with Crippen LogP contribution >= 0.6 is 0 Å². The fourth-order valence-corrected chi connectivity index (χ4v) is 5.47. The smallest absolute Gasteiger partial charge is 0.255 e. The Morgan fingerprint density at radius 2 is 2.17 bits per heavy atom. The molecular weight excluding hydrogens is 535 g/mol. The van der Waals surface area contributed by atoms with Crippen molar-refractivity contribution in [2.45, 2.75) is 31.7 Å². The van der Waals surface area contributed by atoms with E-state index in [1.807, 2.05) is 43.0 Å². The quantitative estimate of drug-likeness (QED) is 0.292. The molecule has 2 amide bonds. The number of carbonyl (C=O) groups is 2. The molecule has 218 valence electrons. The lowest BCUT2D eigenvalue weighted by molar-refractivity contribution is -0.128. The van der Waals surface area contributed by atoms with Crippen LogP contribution in [0.25, 0.3) is 11.3 Å². The van der Waals surface area contributed by atoms with E-state index < -0.39 is 11.4 Å². The second kappa shape index (κ2) is 12.1. The second-order valence-electron chi connectivity index (χ2n) is 10.9. The number of halogens is 1. The molecule has 0 saturated carbocycles. The molecule has 0 spiro atoms. The number of amides is 2. The molecule has 0 bridgehead atoms. The third-order valence-corrected chi connectivity index (χ3v) is 7.59. The number of pyridine rings is 1. The predicted octanol–water partition coefficient (Wildman–Crippen LogP) is 4.10. The van der Waals surface area contributed by atoms with E-state index in [1.54, 1.807) is 30.6 Å². The molecule has 1 atom stereocenters. The van der Waals surface area contributed by atoms with Crippen LogP contribution in [0.1, 0.15) is 41.4 Å². The first kappa shape index (κ1) is 28.9. The standard InChI is InChI=1S/C32H35FN6O3/c1-32(14-7-19-39(32)26(40)10-6-18-38(2)3)15-11-21-20-34-16-12-22(21)28-29(27-24(36-28)13-17-35-31(27)41)37-25-9-5-8-23(33)30(25)42-4/h5-6,8-10,12,16,20,36-37H,7,13-14,17-19H2,1-4H3,(H,35,41)/b10-6+/t32-/m1/s1. The Labute approximate surface area is 245 Å². The maximum atomic E-state index is 14.5. The lowest BCUT2D eigenvalue weighted by Gasteiger charge is -2.29. The average molecular weight is 571 g/mol. The first-order valence-corrected chi connectivity index (χ1v) is 13.9. The van der Waals surface area contributed by atoms with Crippen LogP contribution in [0.15, 0.2) is 48.8 Å². The Kier molecular flexibility index (Phi) is 8.31. The lowest BCUT2D eigenvalue weighted by atomic mass is 9.97. The van der Waals surface area contributed by atoms with Gasteiger partial charge in [-0.25, -0.2) is 4.39 Å². The summed E-state index contributed by atoms with van der Waals surface area (Å²) in [6.45, 7) is 3.81. The summed E-state index contributed by atoms with van der Waals surface area (Å²) in [5.41, 5.74) is 3.46. The summed E-state index contributed by atoms with van der Waals surface area (Å²) in [5.74, 6) is 5.90. The number of benzene rings is 1. The molecular formula is C32H35FN6O3. The number of hydrogen-bond donors (Lipinski definition) is 3. The van der Waals surface area contributed by atoms with Crippen molar-refractivity contribution >= 4 is 23.2 Å². The zero-order valence-corrected chi connectivity index (χ0v) is 24.3. The molecule has 42 heavy (non-hydrogen) atoms. The van der Waals surface area contributed by atoms with Gasteiger partial charge in [0.1, 0.15) is 5.54 Å². The summed E-state index contributed by atoms with van der Waals surface area (Å²) in [6, 6.07) is 6.42. The van der Waals surface area contributed by atoms with Crippen LogP contribution in [0.4, 0.5) is 15.8 Å². The molecule has 3 N–H and O–H groups in total. The number of carbonyl (C=O) groups excluding carboxylic acids is 2. The van der Waals surface area contributed by atoms with Gasteiger partial charge in [-0.15, -0.1) is 0 Å². The molecule has 3 aromatic rings. The zero-order valence-electron chi connectivity index (χ0n) is 24.3. The van der Waals surface area contributed by atoms with Gasteiger partial charge in [-0.3, -0.25) is 14.6 Å². The SMILES string of the molecule is COc1c(F)cccc1Nc1c(-c2ccncc2C#C[C@@]2(C)CCCN2C(=O)/C=C/CN(C)C)[nH]c2c1C(=O)NCC2. The van der Waals surface area contributed by atoms with Crippen molar-refractivity contribution in [3.05, 3.63) is 71.4 Å². The van der Waals surface area contributed by atoms with Gasteiger partial charge in [0.2, 0.25) is 5.91 Å². The van der Waals surface area contributed by atoms with Crippen molar-refractivity contribution in [3.63, 3.8) is 0 Å². The van der Waals surface area contributed by atoms with Crippen LogP contribution in [-0.4, -0.2) is 78.0 Å². The van der Waals surface area contributed by atoms with Crippen LogP contribution in [0.2, 0.25) is 0 Å². The molecule has 0 radical (unpaired) electrons. The van der Waals surface area contributed by atoms with Crippen molar-refractivity contribution in [1.29, 1.82) is 0 Å². The summed E-state index contributed by atoms with van der Waals surface area (Å²) in [6.07, 6.45) is 9.05. The zero-order chi connectivity index (χ0) is 29.9. The van der Waals surface area contributed by atoms with Crippen LogP contribution < -0.4 is 15.4 Å². The Bertz CT molecular complexity index is 1600. The number of aromatic amines is 1. The highest BCUT2D eigenvalue weighted by atomic mass is 19.1. The van der Waals surface area contributed by atoms with Crippen LogP contribution in [0.5, 0.6) is 5.75 Å². The van der Waals surface area contributed by atoms with Gasteiger partial charge in [-0.05, 0) is 52.1 Å². The number of aromatic nitrogens is 2. The molecule has 2 aromatic heterocycles. The summed E-state index contributed by atoms with van der Waals surface area (Å²) < 4.78 is 19.9. The molecule has 1 fully saturated rings. The fourth-order valence-electron chi connectivity index (χ4n) is 5.47. The van der Waals surface area contributed by atoms with E-state index in [1.165, 1.54) is 13.2 Å². The van der Waals surface area contributed by atoms with Gasteiger partial charge in [0.25, 0.3) is 5.91 Å². The molecule has 2 aliphatic heterocycles. The number of H-pyrrole nitrogens is 1. The predicted molar refractivity (Wildman–Crippen MR) is 160 cm³/mol. The normalized spacial score (nSPS) is 18.0. The molecule has 1 saturated heterocycles. The van der Waals surface area contributed by atoms with Gasteiger partial charge in [0, 0.05) is 55.8 Å². The summed E-state index contributed by atoms with van der Waals surface area (Å²) in [7, 11) is 5.30. The molecule has 1 aromatic carbocycles. The fraction of sp³-hybridized carbons (Fsp3) is 0.344. The molecule has 0 unspecified atom stereocenters. The third-order valence-electron chi connectivity index (χ3n) is 7.59. The minimum Gasteiger partial charge on any atom is -0.492 e. The number of methoxy groups -OCH3 is 1. The van der Waals surface area contributed by atoms with Gasteiger partial charge in [-0.1, -0.05) is 24.0 Å². The number of nitrogens with one attached hydrogen (secondary N) is 3. The van der Waals surface area contributed by atoms with Crippen LogP contribution in [-0.2, 0) is 11.2 Å². The Morgan fingerprint density at radius 3 is 2.95 bits per heavy atom. The van der Waals surface area contributed by atoms with Crippen molar-refractivity contribution < 1.29 is 18.7 Å². The van der Waals surface area contributed by atoms with Gasteiger partial charge in [0.15, 0.2) is 11.6 Å². The molecule has 2 aliphatic rings. The minimum absolute atomic E-state index is 0.0444. The van der Waals surface area contributed by atoms with E-state index in [0.29, 0.717) is 54.3 Å².